The lowest BCUT2D eigenvalue weighted by Crippen LogP contribution is -1.90. The van der Waals surface area contributed by atoms with Gasteiger partial charge in [0, 0.05) is 0 Å². The maximum Gasteiger partial charge on any atom is -0.0184 e. The average Bonchev–Trinajstić information content (AvgIpc) is 2.39. The van der Waals surface area contributed by atoms with Gasteiger partial charge in [0.15, 0.2) is 0 Å². The first kappa shape index (κ1) is 10.9. The van der Waals surface area contributed by atoms with Gasteiger partial charge in [0.05, 0.1) is 0 Å². The second-order valence-corrected chi connectivity index (χ2v) is 4.30. The van der Waals surface area contributed by atoms with E-state index >= 15 is 0 Å². The minimum absolute atomic E-state index is 0.657. The summed E-state index contributed by atoms with van der Waals surface area (Å²) in [4.78, 5) is 0. The Balaban J connectivity index is 2.26. The van der Waals surface area contributed by atoms with E-state index in [9.17, 15) is 0 Å². The van der Waals surface area contributed by atoms with Crippen molar-refractivity contribution in [3.8, 4) is 11.1 Å². The van der Waals surface area contributed by atoms with E-state index in [0.717, 1.165) is 0 Å². The van der Waals surface area contributed by atoms with Gasteiger partial charge in [-0.2, -0.15) is 0 Å². The average molecular weight is 210 g/mol. The molecule has 0 N–H and O–H groups in total. The third-order valence-electron chi connectivity index (χ3n) is 3.20. The maximum atomic E-state index is 2.28. The first-order chi connectivity index (χ1) is 7.81. The fourth-order valence-corrected chi connectivity index (χ4v) is 1.87. The summed E-state index contributed by atoms with van der Waals surface area (Å²) in [5.74, 6) is 0.657. The van der Waals surface area contributed by atoms with Crippen molar-refractivity contribution in [1.29, 1.82) is 0 Å². The lowest BCUT2D eigenvalue weighted by Gasteiger charge is -2.09. The molecule has 16 heavy (non-hydrogen) atoms. The van der Waals surface area contributed by atoms with Gasteiger partial charge in [-0.1, -0.05) is 68.4 Å². The molecule has 0 aliphatic rings. The molecule has 0 radical (unpaired) electrons. The van der Waals surface area contributed by atoms with E-state index in [2.05, 4.69) is 68.4 Å². The second kappa shape index (κ2) is 4.98. The largest absolute Gasteiger partial charge is 0.0648 e. The van der Waals surface area contributed by atoms with Crippen LogP contribution >= 0.6 is 0 Å². The molecule has 0 fully saturated rings. The zero-order valence-corrected chi connectivity index (χ0v) is 9.98. The van der Waals surface area contributed by atoms with Crippen LogP contribution in [0.2, 0.25) is 0 Å². The highest BCUT2D eigenvalue weighted by atomic mass is 14.1. The van der Waals surface area contributed by atoms with Crippen LogP contribution in [0, 0.1) is 0 Å². The van der Waals surface area contributed by atoms with Crippen LogP contribution in [0.15, 0.2) is 54.6 Å². The van der Waals surface area contributed by atoms with Crippen LogP contribution in [0.3, 0.4) is 0 Å². The van der Waals surface area contributed by atoms with E-state index in [1.165, 1.54) is 23.1 Å². The molecule has 0 unspecified atom stereocenters. The maximum absolute atomic E-state index is 2.28. The van der Waals surface area contributed by atoms with Crippen molar-refractivity contribution in [1.82, 2.24) is 0 Å². The Hall–Kier alpha value is -1.56. The summed E-state index contributed by atoms with van der Waals surface area (Å²) >= 11 is 0. The van der Waals surface area contributed by atoms with Crippen molar-refractivity contribution >= 4 is 0 Å². The quantitative estimate of drug-likeness (QED) is 0.678. The van der Waals surface area contributed by atoms with Crippen molar-refractivity contribution in [2.75, 3.05) is 0 Å². The van der Waals surface area contributed by atoms with Crippen LogP contribution in [0.5, 0.6) is 0 Å². The fourth-order valence-electron chi connectivity index (χ4n) is 1.87. The van der Waals surface area contributed by atoms with Crippen molar-refractivity contribution in [2.24, 2.45) is 0 Å². The predicted octanol–water partition coefficient (Wildman–Crippen LogP) is 4.87. The molecule has 0 aliphatic heterocycles. The van der Waals surface area contributed by atoms with Crippen LogP contribution in [0.25, 0.3) is 11.1 Å². The van der Waals surface area contributed by atoms with E-state index < -0.39 is 0 Å². The SMILES string of the molecule is CC[C@H](C)c1ccc(-c2ccccc2)cc1. The minimum atomic E-state index is 0.657. The monoisotopic (exact) mass is 210 g/mol. The van der Waals surface area contributed by atoms with Crippen LogP contribution in [0.4, 0.5) is 0 Å². The highest BCUT2D eigenvalue weighted by Crippen LogP contribution is 2.23. The molecule has 2 rings (SSSR count). The van der Waals surface area contributed by atoms with Crippen LogP contribution in [-0.2, 0) is 0 Å². The molecule has 0 heteroatoms. The molecule has 82 valence electrons. The Morgan fingerprint density at radius 2 is 1.38 bits per heavy atom. The van der Waals surface area contributed by atoms with Crippen molar-refractivity contribution < 1.29 is 0 Å². The van der Waals surface area contributed by atoms with Gasteiger partial charge in [-0.05, 0) is 29.0 Å². The van der Waals surface area contributed by atoms with Gasteiger partial charge in [-0.25, -0.2) is 0 Å². The molecule has 0 saturated carbocycles. The van der Waals surface area contributed by atoms with E-state index in [0.29, 0.717) is 5.92 Å². The molecular weight excluding hydrogens is 192 g/mol. The summed E-state index contributed by atoms with van der Waals surface area (Å²) in [6, 6.07) is 19.4. The summed E-state index contributed by atoms with van der Waals surface area (Å²) in [5.41, 5.74) is 4.02. The summed E-state index contributed by atoms with van der Waals surface area (Å²) < 4.78 is 0. The topological polar surface area (TPSA) is 0 Å². The Kier molecular flexibility index (Phi) is 3.40. The lowest BCUT2D eigenvalue weighted by molar-refractivity contribution is 0.734. The Morgan fingerprint density at radius 1 is 0.812 bits per heavy atom. The molecule has 0 bridgehead atoms. The number of hydrogen-bond donors (Lipinski definition) is 0. The number of rotatable bonds is 3. The molecular formula is C16H18. The lowest BCUT2D eigenvalue weighted by atomic mass is 9.96. The molecule has 0 aliphatic carbocycles. The third-order valence-corrected chi connectivity index (χ3v) is 3.20. The van der Waals surface area contributed by atoms with Gasteiger partial charge < -0.3 is 0 Å². The molecule has 0 amide bonds. The third kappa shape index (κ3) is 2.33. The predicted molar refractivity (Wildman–Crippen MR) is 70.6 cm³/mol. The Morgan fingerprint density at radius 3 is 1.94 bits per heavy atom. The van der Waals surface area contributed by atoms with Crippen molar-refractivity contribution in [2.45, 2.75) is 26.2 Å². The Bertz CT molecular complexity index is 425. The number of benzene rings is 2. The summed E-state index contributed by atoms with van der Waals surface area (Å²) in [7, 11) is 0. The van der Waals surface area contributed by atoms with E-state index in [-0.39, 0.29) is 0 Å². The van der Waals surface area contributed by atoms with E-state index in [1.807, 2.05) is 0 Å². The van der Waals surface area contributed by atoms with Gasteiger partial charge in [-0.15, -0.1) is 0 Å². The van der Waals surface area contributed by atoms with Crippen LogP contribution < -0.4 is 0 Å². The van der Waals surface area contributed by atoms with E-state index in [1.54, 1.807) is 0 Å². The Labute approximate surface area is 97.9 Å². The van der Waals surface area contributed by atoms with Crippen molar-refractivity contribution in [3.05, 3.63) is 60.2 Å². The zero-order chi connectivity index (χ0) is 11.4. The smallest absolute Gasteiger partial charge is 0.0184 e. The van der Waals surface area contributed by atoms with Gasteiger partial charge in [-0.3, -0.25) is 0 Å². The summed E-state index contributed by atoms with van der Waals surface area (Å²) in [6.07, 6.45) is 1.20. The molecule has 0 aromatic heterocycles. The van der Waals surface area contributed by atoms with Crippen molar-refractivity contribution in [3.63, 3.8) is 0 Å². The van der Waals surface area contributed by atoms with Crippen LogP contribution in [-0.4, -0.2) is 0 Å². The van der Waals surface area contributed by atoms with E-state index in [4.69, 9.17) is 0 Å². The van der Waals surface area contributed by atoms with Crippen LogP contribution in [0.1, 0.15) is 31.7 Å². The standard InChI is InChI=1S/C16H18/c1-3-13(2)14-9-11-16(12-10-14)15-7-5-4-6-8-15/h4-13H,3H2,1-2H3/t13-/m0/s1. The highest BCUT2D eigenvalue weighted by Gasteiger charge is 2.02. The second-order valence-electron chi connectivity index (χ2n) is 4.30. The molecule has 0 heterocycles. The highest BCUT2D eigenvalue weighted by molar-refractivity contribution is 5.63. The summed E-state index contributed by atoms with van der Waals surface area (Å²) in [6.45, 7) is 4.51. The van der Waals surface area contributed by atoms with Gasteiger partial charge in [0.2, 0.25) is 0 Å². The molecule has 0 spiro atoms. The molecule has 0 saturated heterocycles. The molecule has 0 nitrogen and oxygen atoms in total. The molecule has 2 aromatic rings. The minimum Gasteiger partial charge on any atom is -0.0648 e. The fraction of sp³-hybridized carbons (Fsp3) is 0.250. The van der Waals surface area contributed by atoms with Gasteiger partial charge >= 0.3 is 0 Å². The van der Waals surface area contributed by atoms with Gasteiger partial charge in [0.1, 0.15) is 0 Å². The summed E-state index contributed by atoms with van der Waals surface area (Å²) in [5, 5.41) is 0. The normalized spacial score (nSPS) is 12.4. The zero-order valence-electron chi connectivity index (χ0n) is 9.98. The first-order valence-electron chi connectivity index (χ1n) is 5.96. The number of hydrogen-bond acceptors (Lipinski definition) is 0. The first-order valence-corrected chi connectivity index (χ1v) is 5.96. The van der Waals surface area contributed by atoms with Gasteiger partial charge in [0.25, 0.3) is 0 Å². The molecule has 1 atom stereocenters. The molecule has 2 aromatic carbocycles.